The Labute approximate surface area is 204 Å². The SMILES string of the molecule is Cn1c(N)c(C#N)c(=NCCC(COCc2ccccc2)NCc2ccc(F)cc2)n(C)c1=S. The van der Waals surface area contributed by atoms with Gasteiger partial charge in [0.15, 0.2) is 10.3 Å². The Morgan fingerprint density at radius 2 is 1.82 bits per heavy atom. The maximum Gasteiger partial charge on any atom is 0.182 e. The number of hydrogen-bond acceptors (Lipinski definition) is 6. The monoisotopic (exact) mass is 480 g/mol. The summed E-state index contributed by atoms with van der Waals surface area (Å²) < 4.78 is 22.9. The molecule has 3 N–H and O–H groups in total. The van der Waals surface area contributed by atoms with Crippen molar-refractivity contribution in [2.24, 2.45) is 19.1 Å². The molecule has 3 rings (SSSR count). The molecule has 1 aromatic heterocycles. The molecule has 3 aromatic rings. The third-order valence-electron chi connectivity index (χ3n) is 5.52. The van der Waals surface area contributed by atoms with E-state index in [1.54, 1.807) is 35.4 Å². The average molecular weight is 481 g/mol. The molecule has 1 heterocycles. The topological polar surface area (TPSA) is 93.3 Å². The number of nitrogens with one attached hydrogen (secondary N) is 1. The number of ether oxygens (including phenoxy) is 1. The van der Waals surface area contributed by atoms with Crippen molar-refractivity contribution in [3.63, 3.8) is 0 Å². The van der Waals surface area contributed by atoms with Gasteiger partial charge in [-0.3, -0.25) is 4.99 Å². The highest BCUT2D eigenvalue weighted by Crippen LogP contribution is 2.07. The summed E-state index contributed by atoms with van der Waals surface area (Å²) in [4.78, 5) is 4.65. The molecule has 7 nitrogen and oxygen atoms in total. The van der Waals surface area contributed by atoms with Gasteiger partial charge in [0, 0.05) is 33.2 Å². The normalized spacial score (nSPS) is 12.5. The Kier molecular flexibility index (Phi) is 9.10. The van der Waals surface area contributed by atoms with Crippen molar-refractivity contribution < 1.29 is 9.13 Å². The zero-order valence-corrected chi connectivity index (χ0v) is 20.2. The van der Waals surface area contributed by atoms with Crippen LogP contribution in [0.2, 0.25) is 0 Å². The maximum absolute atomic E-state index is 13.2. The molecule has 0 aliphatic carbocycles. The molecular weight excluding hydrogens is 451 g/mol. The fourth-order valence-corrected chi connectivity index (χ4v) is 3.67. The van der Waals surface area contributed by atoms with Gasteiger partial charge in [0.25, 0.3) is 0 Å². The Morgan fingerprint density at radius 1 is 1.12 bits per heavy atom. The molecule has 0 amide bonds. The zero-order chi connectivity index (χ0) is 24.5. The van der Waals surface area contributed by atoms with E-state index in [1.807, 2.05) is 30.3 Å². The third kappa shape index (κ3) is 6.60. The van der Waals surface area contributed by atoms with Gasteiger partial charge in [-0.05, 0) is 41.9 Å². The summed E-state index contributed by atoms with van der Waals surface area (Å²) >= 11 is 5.41. The maximum atomic E-state index is 13.2. The molecule has 0 fully saturated rings. The molecule has 0 radical (unpaired) electrons. The highest BCUT2D eigenvalue weighted by molar-refractivity contribution is 7.71. The lowest BCUT2D eigenvalue weighted by Crippen LogP contribution is -2.34. The number of nitrogens with zero attached hydrogens (tertiary/aromatic N) is 4. The van der Waals surface area contributed by atoms with Crippen molar-refractivity contribution in [2.75, 3.05) is 18.9 Å². The van der Waals surface area contributed by atoms with Crippen LogP contribution in [0, 0.1) is 21.9 Å². The van der Waals surface area contributed by atoms with Crippen LogP contribution in [0.15, 0.2) is 59.6 Å². The Morgan fingerprint density at radius 3 is 2.50 bits per heavy atom. The van der Waals surface area contributed by atoms with E-state index in [2.05, 4.69) is 16.4 Å². The van der Waals surface area contributed by atoms with Crippen LogP contribution in [0.3, 0.4) is 0 Å². The van der Waals surface area contributed by atoms with Gasteiger partial charge in [-0.1, -0.05) is 42.5 Å². The highest BCUT2D eigenvalue weighted by Gasteiger charge is 2.12. The van der Waals surface area contributed by atoms with Crippen molar-refractivity contribution in [3.05, 3.63) is 87.4 Å². The second-order valence-corrected chi connectivity index (χ2v) is 8.34. The molecule has 1 atom stereocenters. The van der Waals surface area contributed by atoms with Crippen LogP contribution in [0.4, 0.5) is 10.2 Å². The summed E-state index contributed by atoms with van der Waals surface area (Å²) in [5.41, 5.74) is 8.92. The quantitative estimate of drug-likeness (QED) is 0.434. The van der Waals surface area contributed by atoms with Crippen LogP contribution in [0.1, 0.15) is 23.1 Å². The smallest absolute Gasteiger partial charge is 0.182 e. The number of nitrogen functional groups attached to an aromatic ring is 1. The third-order valence-corrected chi connectivity index (χ3v) is 6.07. The number of halogens is 1. The molecular formula is C25H29FN6OS. The number of hydrogen-bond donors (Lipinski definition) is 2. The number of nitrogens with two attached hydrogens (primary N) is 1. The summed E-state index contributed by atoms with van der Waals surface area (Å²) in [5, 5.41) is 13.1. The van der Waals surface area contributed by atoms with Gasteiger partial charge >= 0.3 is 0 Å². The number of anilines is 1. The van der Waals surface area contributed by atoms with Crippen molar-refractivity contribution in [1.29, 1.82) is 5.26 Å². The predicted molar refractivity (Wildman–Crippen MR) is 133 cm³/mol. The minimum atomic E-state index is -0.261. The zero-order valence-electron chi connectivity index (χ0n) is 19.4. The molecule has 0 spiro atoms. The molecule has 0 saturated carbocycles. The molecule has 34 heavy (non-hydrogen) atoms. The van der Waals surface area contributed by atoms with Crippen molar-refractivity contribution >= 4 is 18.0 Å². The molecule has 1 unspecified atom stereocenters. The first-order valence-corrected chi connectivity index (χ1v) is 11.4. The molecule has 0 aliphatic heterocycles. The summed E-state index contributed by atoms with van der Waals surface area (Å²) in [5.74, 6) is 0.0321. The number of rotatable bonds is 10. The van der Waals surface area contributed by atoms with E-state index in [1.165, 1.54) is 12.1 Å². The second kappa shape index (κ2) is 12.2. The van der Waals surface area contributed by atoms with Crippen molar-refractivity contribution in [1.82, 2.24) is 14.5 Å². The number of aromatic nitrogens is 2. The first kappa shape index (κ1) is 25.3. The number of benzene rings is 2. The van der Waals surface area contributed by atoms with E-state index >= 15 is 0 Å². The molecule has 0 aliphatic rings. The largest absolute Gasteiger partial charge is 0.384 e. The molecule has 0 saturated heterocycles. The summed E-state index contributed by atoms with van der Waals surface area (Å²) in [6, 6.07) is 18.5. The van der Waals surface area contributed by atoms with Crippen LogP contribution in [0.5, 0.6) is 0 Å². The first-order valence-electron chi connectivity index (χ1n) is 11.0. The van der Waals surface area contributed by atoms with Crippen LogP contribution >= 0.6 is 12.2 Å². The van der Waals surface area contributed by atoms with Crippen LogP contribution in [-0.4, -0.2) is 28.3 Å². The summed E-state index contributed by atoms with van der Waals surface area (Å²) in [6.45, 7) is 1.99. The molecule has 0 bridgehead atoms. The lowest BCUT2D eigenvalue weighted by molar-refractivity contribution is 0.0963. The van der Waals surface area contributed by atoms with Crippen LogP contribution in [-0.2, 0) is 32.0 Å². The fourth-order valence-electron chi connectivity index (χ4n) is 3.49. The lowest BCUT2D eigenvalue weighted by atomic mass is 10.1. The number of nitriles is 1. The van der Waals surface area contributed by atoms with E-state index < -0.39 is 0 Å². The summed E-state index contributed by atoms with van der Waals surface area (Å²) in [6.07, 6.45) is 0.661. The van der Waals surface area contributed by atoms with Gasteiger partial charge in [-0.15, -0.1) is 0 Å². The van der Waals surface area contributed by atoms with Gasteiger partial charge in [0.05, 0.1) is 13.2 Å². The molecule has 2 aromatic carbocycles. The fraction of sp³-hybridized carbons (Fsp3) is 0.320. The summed E-state index contributed by atoms with van der Waals surface area (Å²) in [7, 11) is 3.50. The van der Waals surface area contributed by atoms with Crippen molar-refractivity contribution in [2.45, 2.75) is 25.6 Å². The van der Waals surface area contributed by atoms with Crippen LogP contribution in [0.25, 0.3) is 0 Å². The Balaban J connectivity index is 1.72. The standard InChI is InChI=1S/C25H29FN6OS/c1-31-23(28)22(14-27)24(32(2)25(31)34)29-13-12-21(17-33-16-19-6-4-3-5-7-19)30-15-18-8-10-20(26)11-9-18/h3-11,21,30H,12-13,15-17,28H2,1-2H3. The molecule has 178 valence electrons. The average Bonchev–Trinajstić information content (AvgIpc) is 2.85. The van der Waals surface area contributed by atoms with Gasteiger partial charge in [0.1, 0.15) is 23.3 Å². The minimum absolute atomic E-state index is 0.00602. The van der Waals surface area contributed by atoms with E-state index in [9.17, 15) is 9.65 Å². The highest BCUT2D eigenvalue weighted by atomic mass is 32.1. The van der Waals surface area contributed by atoms with Gasteiger partial charge in [-0.25, -0.2) is 4.39 Å². The van der Waals surface area contributed by atoms with E-state index in [0.29, 0.717) is 54.4 Å². The van der Waals surface area contributed by atoms with Gasteiger partial charge in [-0.2, -0.15) is 5.26 Å². The Bertz CT molecular complexity index is 1260. The van der Waals surface area contributed by atoms with E-state index in [4.69, 9.17) is 22.7 Å². The van der Waals surface area contributed by atoms with Gasteiger partial charge in [0.2, 0.25) is 0 Å². The minimum Gasteiger partial charge on any atom is -0.384 e. The van der Waals surface area contributed by atoms with E-state index in [-0.39, 0.29) is 11.9 Å². The van der Waals surface area contributed by atoms with Crippen LogP contribution < -0.4 is 16.5 Å². The molecule has 9 heteroatoms. The van der Waals surface area contributed by atoms with Gasteiger partial charge < -0.3 is 24.9 Å². The predicted octanol–water partition coefficient (Wildman–Crippen LogP) is 3.35. The second-order valence-electron chi connectivity index (χ2n) is 7.97. The van der Waals surface area contributed by atoms with E-state index in [0.717, 1.165) is 11.1 Å². The van der Waals surface area contributed by atoms with Crippen molar-refractivity contribution in [3.8, 4) is 6.07 Å². The Hall–Kier alpha value is -3.32. The lowest BCUT2D eigenvalue weighted by Gasteiger charge is -2.19. The first-order chi connectivity index (χ1) is 16.4.